The van der Waals surface area contributed by atoms with E-state index >= 15 is 0 Å². The first-order valence-electron chi connectivity index (χ1n) is 5.90. The van der Waals surface area contributed by atoms with E-state index in [9.17, 15) is 9.59 Å². The molecule has 0 saturated heterocycles. The highest BCUT2D eigenvalue weighted by Crippen LogP contribution is 2.06. The first-order valence-corrected chi connectivity index (χ1v) is 6.77. The molecule has 0 unspecified atom stereocenters. The lowest BCUT2D eigenvalue weighted by Crippen LogP contribution is -2.22. The smallest absolute Gasteiger partial charge is 0.326 e. The molecule has 0 aliphatic rings. The van der Waals surface area contributed by atoms with Gasteiger partial charge in [0.1, 0.15) is 13.2 Å². The SMILES string of the molecule is Cc1csc(=O)n1CC(=O)OCc1ccc(C#N)cc1. The molecule has 0 aliphatic carbocycles. The van der Waals surface area contributed by atoms with Crippen LogP contribution in [-0.4, -0.2) is 10.5 Å². The van der Waals surface area contributed by atoms with Crippen LogP contribution in [0.4, 0.5) is 0 Å². The van der Waals surface area contributed by atoms with Crippen LogP contribution in [0.2, 0.25) is 0 Å². The Balaban J connectivity index is 1.92. The summed E-state index contributed by atoms with van der Waals surface area (Å²) < 4.78 is 6.49. The maximum Gasteiger partial charge on any atom is 0.326 e. The number of nitriles is 1. The summed E-state index contributed by atoms with van der Waals surface area (Å²) in [5, 5.41) is 10.4. The van der Waals surface area contributed by atoms with E-state index in [1.807, 2.05) is 6.07 Å². The Kier molecular flexibility index (Phi) is 4.33. The second-order valence-corrected chi connectivity index (χ2v) is 5.02. The van der Waals surface area contributed by atoms with Gasteiger partial charge in [0.05, 0.1) is 11.6 Å². The van der Waals surface area contributed by atoms with E-state index in [4.69, 9.17) is 10.00 Å². The average molecular weight is 288 g/mol. The molecule has 0 amide bonds. The van der Waals surface area contributed by atoms with Gasteiger partial charge in [0.25, 0.3) is 0 Å². The van der Waals surface area contributed by atoms with Crippen LogP contribution >= 0.6 is 11.3 Å². The van der Waals surface area contributed by atoms with Crippen molar-refractivity contribution in [2.24, 2.45) is 0 Å². The highest BCUT2D eigenvalue weighted by molar-refractivity contribution is 7.07. The van der Waals surface area contributed by atoms with E-state index in [0.29, 0.717) is 5.56 Å². The summed E-state index contributed by atoms with van der Waals surface area (Å²) in [6, 6.07) is 8.80. The Labute approximate surface area is 119 Å². The molecule has 0 spiro atoms. The van der Waals surface area contributed by atoms with Crippen LogP contribution in [0, 0.1) is 18.3 Å². The molecule has 0 bridgehead atoms. The molecular weight excluding hydrogens is 276 g/mol. The van der Waals surface area contributed by atoms with Gasteiger partial charge < -0.3 is 4.74 Å². The number of ether oxygens (including phenoxy) is 1. The Morgan fingerprint density at radius 1 is 1.40 bits per heavy atom. The standard InChI is InChI=1S/C14H12N2O3S/c1-10-9-20-14(18)16(10)7-13(17)19-8-12-4-2-11(6-15)3-5-12/h2-5,9H,7-8H2,1H3. The Morgan fingerprint density at radius 2 is 2.10 bits per heavy atom. The summed E-state index contributed by atoms with van der Waals surface area (Å²) >= 11 is 1.06. The molecule has 0 aliphatic heterocycles. The fourth-order valence-electron chi connectivity index (χ4n) is 1.61. The van der Waals surface area contributed by atoms with Crippen molar-refractivity contribution in [1.82, 2.24) is 4.57 Å². The number of carbonyl (C=O) groups excluding carboxylic acids is 1. The molecule has 0 saturated carbocycles. The van der Waals surface area contributed by atoms with Crippen LogP contribution in [-0.2, 0) is 22.7 Å². The topological polar surface area (TPSA) is 72.1 Å². The van der Waals surface area contributed by atoms with Crippen LogP contribution in [0.25, 0.3) is 0 Å². The van der Waals surface area contributed by atoms with E-state index < -0.39 is 5.97 Å². The molecule has 2 rings (SSSR count). The summed E-state index contributed by atoms with van der Waals surface area (Å²) in [7, 11) is 0. The number of thiazole rings is 1. The van der Waals surface area contributed by atoms with E-state index in [1.54, 1.807) is 36.6 Å². The summed E-state index contributed by atoms with van der Waals surface area (Å²) in [6.07, 6.45) is 0. The predicted octanol–water partition coefficient (Wildman–Crippen LogP) is 1.83. The number of hydrogen-bond donors (Lipinski definition) is 0. The van der Waals surface area contributed by atoms with Gasteiger partial charge in [-0.15, -0.1) is 0 Å². The highest BCUT2D eigenvalue weighted by Gasteiger charge is 2.09. The van der Waals surface area contributed by atoms with Crippen LogP contribution in [0.1, 0.15) is 16.8 Å². The number of rotatable bonds is 4. The Bertz CT molecular complexity index is 707. The van der Waals surface area contributed by atoms with Gasteiger partial charge in [0.15, 0.2) is 0 Å². The molecule has 1 aromatic carbocycles. The lowest BCUT2D eigenvalue weighted by Gasteiger charge is -2.06. The number of aryl methyl sites for hydroxylation is 1. The molecule has 20 heavy (non-hydrogen) atoms. The molecule has 6 heteroatoms. The van der Waals surface area contributed by atoms with E-state index in [2.05, 4.69) is 0 Å². The first-order chi connectivity index (χ1) is 9.60. The van der Waals surface area contributed by atoms with Gasteiger partial charge >= 0.3 is 10.8 Å². The van der Waals surface area contributed by atoms with Crippen molar-refractivity contribution < 1.29 is 9.53 Å². The maximum absolute atomic E-state index is 11.7. The summed E-state index contributed by atoms with van der Waals surface area (Å²) in [5.74, 6) is -0.460. The van der Waals surface area contributed by atoms with Gasteiger partial charge in [-0.05, 0) is 24.6 Å². The lowest BCUT2D eigenvalue weighted by atomic mass is 10.2. The minimum Gasteiger partial charge on any atom is -0.459 e. The van der Waals surface area contributed by atoms with Gasteiger partial charge in [0, 0.05) is 11.1 Å². The number of aromatic nitrogens is 1. The summed E-state index contributed by atoms with van der Waals surface area (Å²) in [5.41, 5.74) is 2.10. The van der Waals surface area contributed by atoms with Crippen LogP contribution in [0.5, 0.6) is 0 Å². The lowest BCUT2D eigenvalue weighted by molar-refractivity contribution is -0.145. The van der Waals surface area contributed by atoms with Crippen molar-refractivity contribution in [1.29, 1.82) is 5.26 Å². The minimum atomic E-state index is -0.460. The largest absolute Gasteiger partial charge is 0.459 e. The normalized spacial score (nSPS) is 10.0. The Morgan fingerprint density at radius 3 is 2.65 bits per heavy atom. The fourth-order valence-corrected chi connectivity index (χ4v) is 2.34. The van der Waals surface area contributed by atoms with Crippen LogP contribution in [0.3, 0.4) is 0 Å². The van der Waals surface area contributed by atoms with Crippen molar-refractivity contribution >= 4 is 17.3 Å². The minimum absolute atomic E-state index is 0.0789. The molecule has 102 valence electrons. The fraction of sp³-hybridized carbons (Fsp3) is 0.214. The van der Waals surface area contributed by atoms with Crippen LogP contribution < -0.4 is 4.87 Å². The van der Waals surface area contributed by atoms with E-state index in [0.717, 1.165) is 22.6 Å². The first kappa shape index (κ1) is 14.0. The molecule has 0 N–H and O–H groups in total. The average Bonchev–Trinajstić information content (AvgIpc) is 2.77. The zero-order valence-electron chi connectivity index (χ0n) is 10.8. The number of hydrogen-bond acceptors (Lipinski definition) is 5. The molecule has 1 aromatic heterocycles. The predicted molar refractivity (Wildman–Crippen MR) is 74.3 cm³/mol. The Hall–Kier alpha value is -2.39. The van der Waals surface area contributed by atoms with Gasteiger partial charge in [0.2, 0.25) is 0 Å². The van der Waals surface area contributed by atoms with Gasteiger partial charge in [-0.1, -0.05) is 23.5 Å². The number of nitrogens with zero attached hydrogens (tertiary/aromatic N) is 2. The van der Waals surface area contributed by atoms with Crippen molar-refractivity contribution in [2.45, 2.75) is 20.1 Å². The number of carbonyl (C=O) groups is 1. The van der Waals surface area contributed by atoms with E-state index in [-0.39, 0.29) is 18.0 Å². The quantitative estimate of drug-likeness (QED) is 0.805. The number of esters is 1. The number of benzene rings is 1. The maximum atomic E-state index is 11.7. The van der Waals surface area contributed by atoms with E-state index in [1.165, 1.54) is 4.57 Å². The monoisotopic (exact) mass is 288 g/mol. The second-order valence-electron chi connectivity index (χ2n) is 4.20. The molecule has 0 fully saturated rings. The van der Waals surface area contributed by atoms with Gasteiger partial charge in [-0.3, -0.25) is 14.2 Å². The summed E-state index contributed by atoms with van der Waals surface area (Å²) in [4.78, 5) is 23.0. The van der Waals surface area contributed by atoms with Crippen molar-refractivity contribution in [3.8, 4) is 6.07 Å². The van der Waals surface area contributed by atoms with Gasteiger partial charge in [-0.2, -0.15) is 5.26 Å². The second kappa shape index (κ2) is 6.17. The van der Waals surface area contributed by atoms with Crippen molar-refractivity contribution in [2.75, 3.05) is 0 Å². The third-order valence-corrected chi connectivity index (χ3v) is 3.63. The van der Waals surface area contributed by atoms with Crippen molar-refractivity contribution in [3.05, 3.63) is 56.1 Å². The highest BCUT2D eigenvalue weighted by atomic mass is 32.1. The van der Waals surface area contributed by atoms with Gasteiger partial charge in [-0.25, -0.2) is 0 Å². The third kappa shape index (κ3) is 3.33. The molecule has 1 heterocycles. The molecule has 0 atom stereocenters. The van der Waals surface area contributed by atoms with Crippen molar-refractivity contribution in [3.63, 3.8) is 0 Å². The summed E-state index contributed by atoms with van der Waals surface area (Å²) in [6.45, 7) is 1.82. The third-order valence-electron chi connectivity index (χ3n) is 2.75. The molecule has 0 radical (unpaired) electrons. The van der Waals surface area contributed by atoms with Crippen LogP contribution in [0.15, 0.2) is 34.4 Å². The zero-order valence-corrected chi connectivity index (χ0v) is 11.6. The molecular formula is C14H12N2O3S. The zero-order chi connectivity index (χ0) is 14.5. The molecule has 5 nitrogen and oxygen atoms in total. The molecule has 2 aromatic rings.